The van der Waals surface area contributed by atoms with Gasteiger partial charge < -0.3 is 21.1 Å². The van der Waals surface area contributed by atoms with Gasteiger partial charge in [-0.25, -0.2) is 9.97 Å². The van der Waals surface area contributed by atoms with Crippen molar-refractivity contribution in [3.05, 3.63) is 73.1 Å². The van der Waals surface area contributed by atoms with Crippen LogP contribution in [0.4, 0.5) is 41.9 Å². The molecule has 4 rings (SSSR count). The van der Waals surface area contributed by atoms with Gasteiger partial charge in [-0.2, -0.15) is 0 Å². The van der Waals surface area contributed by atoms with E-state index in [2.05, 4.69) is 25.3 Å². The standard InChI is InChI=1S/C21H16F3N5O/c22-21(23,24)30-15-10-8-14(9-11-15)28-19-18(25)20(27-12-26-19)29-17-7-3-5-13-4-1-2-6-16(13)17/h1-12H,25H2,(H2,26,27,28,29). The van der Waals surface area contributed by atoms with Crippen molar-refractivity contribution in [2.24, 2.45) is 0 Å². The molecule has 0 unspecified atom stereocenters. The number of rotatable bonds is 5. The molecule has 1 heterocycles. The number of hydrogen-bond donors (Lipinski definition) is 3. The molecule has 0 fully saturated rings. The van der Waals surface area contributed by atoms with E-state index in [9.17, 15) is 13.2 Å². The van der Waals surface area contributed by atoms with Crippen molar-refractivity contribution in [3.63, 3.8) is 0 Å². The Bertz CT molecular complexity index is 1170. The van der Waals surface area contributed by atoms with E-state index in [1.807, 2.05) is 42.5 Å². The molecule has 6 nitrogen and oxygen atoms in total. The van der Waals surface area contributed by atoms with Crippen LogP contribution in [0, 0.1) is 0 Å². The first-order valence-corrected chi connectivity index (χ1v) is 8.87. The van der Waals surface area contributed by atoms with Gasteiger partial charge in [0.25, 0.3) is 0 Å². The highest BCUT2D eigenvalue weighted by atomic mass is 19.4. The Morgan fingerprint density at radius 2 is 1.47 bits per heavy atom. The maximum atomic E-state index is 12.3. The number of nitrogens with zero attached hydrogens (tertiary/aromatic N) is 2. The largest absolute Gasteiger partial charge is 0.573 e. The van der Waals surface area contributed by atoms with Crippen LogP contribution in [-0.2, 0) is 0 Å². The molecule has 0 atom stereocenters. The van der Waals surface area contributed by atoms with Gasteiger partial charge >= 0.3 is 6.36 Å². The van der Waals surface area contributed by atoms with E-state index < -0.39 is 6.36 Å². The summed E-state index contributed by atoms with van der Waals surface area (Å²) in [6.45, 7) is 0. The van der Waals surface area contributed by atoms with Gasteiger partial charge in [0.1, 0.15) is 17.8 Å². The fourth-order valence-corrected chi connectivity index (χ4v) is 2.93. The lowest BCUT2D eigenvalue weighted by Gasteiger charge is -2.14. The molecule has 4 N–H and O–H groups in total. The zero-order valence-electron chi connectivity index (χ0n) is 15.4. The summed E-state index contributed by atoms with van der Waals surface area (Å²) in [5.41, 5.74) is 7.80. The lowest BCUT2D eigenvalue weighted by atomic mass is 10.1. The number of anilines is 5. The molecule has 0 saturated carbocycles. The first kappa shape index (κ1) is 19.3. The van der Waals surface area contributed by atoms with Crippen LogP contribution in [0.25, 0.3) is 10.8 Å². The predicted molar refractivity (Wildman–Crippen MR) is 110 cm³/mol. The van der Waals surface area contributed by atoms with Crippen molar-refractivity contribution in [2.45, 2.75) is 6.36 Å². The highest BCUT2D eigenvalue weighted by molar-refractivity contribution is 5.96. The molecule has 0 spiro atoms. The monoisotopic (exact) mass is 411 g/mol. The minimum Gasteiger partial charge on any atom is -0.406 e. The Labute approximate surface area is 169 Å². The van der Waals surface area contributed by atoms with Crippen LogP contribution >= 0.6 is 0 Å². The van der Waals surface area contributed by atoms with Crippen LogP contribution < -0.4 is 21.1 Å². The van der Waals surface area contributed by atoms with Crippen molar-refractivity contribution in [1.82, 2.24) is 9.97 Å². The Balaban J connectivity index is 1.56. The quantitative estimate of drug-likeness (QED) is 0.397. The van der Waals surface area contributed by atoms with Crippen LogP contribution in [0.3, 0.4) is 0 Å². The summed E-state index contributed by atoms with van der Waals surface area (Å²) in [7, 11) is 0. The fourth-order valence-electron chi connectivity index (χ4n) is 2.93. The van der Waals surface area contributed by atoms with Gasteiger partial charge in [0, 0.05) is 16.8 Å². The topological polar surface area (TPSA) is 85.1 Å². The fraction of sp³-hybridized carbons (Fsp3) is 0.0476. The molecule has 0 bridgehead atoms. The van der Waals surface area contributed by atoms with E-state index in [1.54, 1.807) is 0 Å². The third kappa shape index (κ3) is 4.35. The zero-order valence-corrected chi connectivity index (χ0v) is 15.4. The SMILES string of the molecule is Nc1c(Nc2ccc(OC(F)(F)F)cc2)ncnc1Nc1cccc2ccccc12. The molecule has 3 aromatic carbocycles. The van der Waals surface area contributed by atoms with E-state index in [-0.39, 0.29) is 11.4 Å². The van der Waals surface area contributed by atoms with Gasteiger partial charge in [-0.15, -0.1) is 13.2 Å². The molecule has 30 heavy (non-hydrogen) atoms. The molecule has 0 saturated heterocycles. The second-order valence-electron chi connectivity index (χ2n) is 6.33. The number of nitrogen functional groups attached to an aromatic ring is 1. The van der Waals surface area contributed by atoms with Gasteiger partial charge in [0.15, 0.2) is 11.6 Å². The number of ether oxygens (including phenoxy) is 1. The van der Waals surface area contributed by atoms with Crippen LogP contribution in [0.5, 0.6) is 5.75 Å². The minimum absolute atomic E-state index is 0.265. The van der Waals surface area contributed by atoms with Crippen LogP contribution in [0.2, 0.25) is 0 Å². The molecule has 1 aromatic heterocycles. The van der Waals surface area contributed by atoms with E-state index >= 15 is 0 Å². The number of aromatic nitrogens is 2. The molecule has 0 amide bonds. The predicted octanol–water partition coefficient (Wildman–Crippen LogP) is 5.60. The molecule has 152 valence electrons. The third-order valence-corrected chi connectivity index (χ3v) is 4.28. The first-order valence-electron chi connectivity index (χ1n) is 8.87. The first-order chi connectivity index (χ1) is 14.4. The van der Waals surface area contributed by atoms with E-state index in [0.29, 0.717) is 17.3 Å². The van der Waals surface area contributed by atoms with Gasteiger partial charge in [-0.3, -0.25) is 0 Å². The zero-order chi connectivity index (χ0) is 21.1. The molecule has 9 heteroatoms. The normalized spacial score (nSPS) is 11.3. The summed E-state index contributed by atoms with van der Waals surface area (Å²) < 4.78 is 40.7. The molecule has 0 aliphatic carbocycles. The number of nitrogens with two attached hydrogens (primary N) is 1. The second kappa shape index (κ2) is 7.78. The molecule has 0 aliphatic rings. The van der Waals surface area contributed by atoms with Gasteiger partial charge in [-0.05, 0) is 35.7 Å². The van der Waals surface area contributed by atoms with Gasteiger partial charge in [0.2, 0.25) is 0 Å². The van der Waals surface area contributed by atoms with E-state index in [4.69, 9.17) is 5.73 Å². The number of fused-ring (bicyclic) bond motifs is 1. The molecular formula is C21H16F3N5O. The van der Waals surface area contributed by atoms with E-state index in [0.717, 1.165) is 16.5 Å². The molecular weight excluding hydrogens is 395 g/mol. The summed E-state index contributed by atoms with van der Waals surface area (Å²) in [4.78, 5) is 8.33. The van der Waals surface area contributed by atoms with Crippen molar-refractivity contribution in [1.29, 1.82) is 0 Å². The number of hydrogen-bond acceptors (Lipinski definition) is 6. The molecule has 0 radical (unpaired) electrons. The average Bonchev–Trinajstić information content (AvgIpc) is 2.71. The van der Waals surface area contributed by atoms with Crippen LogP contribution in [-0.4, -0.2) is 16.3 Å². The number of nitrogens with one attached hydrogen (secondary N) is 2. The second-order valence-corrected chi connectivity index (χ2v) is 6.33. The highest BCUT2D eigenvalue weighted by Crippen LogP contribution is 2.32. The van der Waals surface area contributed by atoms with Crippen molar-refractivity contribution >= 4 is 39.5 Å². The van der Waals surface area contributed by atoms with E-state index in [1.165, 1.54) is 30.6 Å². The smallest absolute Gasteiger partial charge is 0.406 e. The Hall–Kier alpha value is -4.01. The van der Waals surface area contributed by atoms with Crippen molar-refractivity contribution in [2.75, 3.05) is 16.4 Å². The molecule has 0 aliphatic heterocycles. The lowest BCUT2D eigenvalue weighted by molar-refractivity contribution is -0.274. The highest BCUT2D eigenvalue weighted by Gasteiger charge is 2.30. The molecule has 4 aromatic rings. The van der Waals surface area contributed by atoms with Crippen LogP contribution in [0.1, 0.15) is 0 Å². The Morgan fingerprint density at radius 1 is 0.800 bits per heavy atom. The van der Waals surface area contributed by atoms with Crippen molar-refractivity contribution < 1.29 is 17.9 Å². The summed E-state index contributed by atoms with van der Waals surface area (Å²) in [6, 6.07) is 19.0. The minimum atomic E-state index is -4.74. The number of alkyl halides is 3. The van der Waals surface area contributed by atoms with Gasteiger partial charge in [0.05, 0.1) is 0 Å². The maximum Gasteiger partial charge on any atom is 0.573 e. The Morgan fingerprint density at radius 3 is 2.20 bits per heavy atom. The number of benzene rings is 3. The summed E-state index contributed by atoms with van der Waals surface area (Å²) >= 11 is 0. The van der Waals surface area contributed by atoms with Crippen LogP contribution in [0.15, 0.2) is 73.1 Å². The Kier molecular flexibility index (Phi) is 5.01. The van der Waals surface area contributed by atoms with Gasteiger partial charge in [-0.1, -0.05) is 36.4 Å². The summed E-state index contributed by atoms with van der Waals surface area (Å²) in [5.74, 6) is 0.403. The van der Waals surface area contributed by atoms with Crippen molar-refractivity contribution in [3.8, 4) is 5.75 Å². The summed E-state index contributed by atoms with van der Waals surface area (Å²) in [5, 5.41) is 8.26. The summed E-state index contributed by atoms with van der Waals surface area (Å²) in [6.07, 6.45) is -3.40. The number of halogens is 3. The average molecular weight is 411 g/mol. The third-order valence-electron chi connectivity index (χ3n) is 4.28. The maximum absolute atomic E-state index is 12.3. The lowest BCUT2D eigenvalue weighted by Crippen LogP contribution is -2.17.